The molecule has 0 aromatic heterocycles. The molecule has 17 N–H and O–H groups in total. The fraction of sp³-hybridized carbons (Fsp3) is 0.908. The second kappa shape index (κ2) is 48.5. The molecule has 0 aromatic rings. The van der Waals surface area contributed by atoms with Crippen molar-refractivity contribution in [1.29, 1.82) is 0 Å². The molecule has 6 heterocycles. The van der Waals surface area contributed by atoms with Gasteiger partial charge in [-0.05, 0) is 38.5 Å². The van der Waals surface area contributed by atoms with Crippen LogP contribution in [0, 0.1) is 5.92 Å². The van der Waals surface area contributed by atoms with Gasteiger partial charge in [-0.3, -0.25) is 46.9 Å². The number of aliphatic hydroxyl groups is 9. The van der Waals surface area contributed by atoms with Gasteiger partial charge in [0.2, 0.25) is 35.4 Å². The Morgan fingerprint density at radius 2 is 0.706 bits per heavy atom. The minimum Gasteiger partial charge on any atom is -0.394 e. The number of hydrogen-bond acceptors (Lipinski definition) is 34. The van der Waals surface area contributed by atoms with Crippen molar-refractivity contribution in [2.24, 2.45) is 5.92 Å². The molecule has 0 spiro atoms. The van der Waals surface area contributed by atoms with Crippen LogP contribution < -0.4 is 31.9 Å². The smallest absolute Gasteiger partial charge is 0.394 e. The highest BCUT2D eigenvalue weighted by Crippen LogP contribution is 2.51. The first-order valence-electron chi connectivity index (χ1n) is 36.9. The standard InChI is InChI=1S/C65H116N6O36P2/c1-36-43(27-72)103-63(55(58(36)82)69-37(2)76)95-33-49(79)66-18-12-6-9-15-21-92-52-24-40(91-5)47(101-52)31-98-109(89,90)107-42-26-54(94-23-17-11-8-14-20-68-51(81)35-97-65-57(71-39(4)78)62(86)60(84)46(30-75)105-65)102-48(42)32-99-108(87,88)106-41-25-53(100-44(41)28-73)93-22-16-10-7-13-19-67-50(80)34-96-64-56(70-38(3)77)61(85)59(83)45(29-74)104-64/h36,40-48,52-65,72-75,82-86H,6-35H2,1-5H3,(H,66,79)(H,67,80)(H,68,81)(H,69,76)(H,70,77)(H,71,78)(H,87,88)(H,89,90)/t36-,40+,41?,42?,43+,44+,45+,46+,47?,48+,52+,53+,54+,55+,56+,57+,58-,59-,60-,61+,62+,63+,64+,65+/m0/s1. The number of phosphoric acid groups is 2. The van der Waals surface area contributed by atoms with Crippen LogP contribution in [0.5, 0.6) is 0 Å². The topological polar surface area (TPSA) is 588 Å². The summed E-state index contributed by atoms with van der Waals surface area (Å²) >= 11 is 0. The molecule has 6 saturated heterocycles. The summed E-state index contributed by atoms with van der Waals surface area (Å²) in [5.74, 6) is -3.57. The highest BCUT2D eigenvalue weighted by molar-refractivity contribution is 7.47. The van der Waals surface area contributed by atoms with Gasteiger partial charge in [-0.15, -0.1) is 0 Å². The zero-order chi connectivity index (χ0) is 79.8. The minimum absolute atomic E-state index is 0.0950. The summed E-state index contributed by atoms with van der Waals surface area (Å²) < 4.78 is 124. The lowest BCUT2D eigenvalue weighted by Crippen LogP contribution is -2.64. The molecule has 0 bridgehead atoms. The van der Waals surface area contributed by atoms with E-state index in [-0.39, 0.29) is 52.2 Å². The normalized spacial score (nSPS) is 33.7. The number of nitrogens with one attached hydrogen (secondary N) is 6. The Kier molecular flexibility index (Phi) is 41.8. The molecule has 44 heteroatoms. The van der Waals surface area contributed by atoms with Gasteiger partial charge in [0.05, 0.1) is 58.0 Å². The first-order chi connectivity index (χ1) is 52.0. The summed E-state index contributed by atoms with van der Waals surface area (Å²) in [6.45, 7) is 1.66. The van der Waals surface area contributed by atoms with Crippen molar-refractivity contribution in [3.05, 3.63) is 0 Å². The van der Waals surface area contributed by atoms with Crippen LogP contribution in [0.1, 0.15) is 124 Å². The van der Waals surface area contributed by atoms with Crippen molar-refractivity contribution in [1.82, 2.24) is 31.9 Å². The zero-order valence-corrected chi connectivity index (χ0v) is 63.9. The number of hydrogen-bond donors (Lipinski definition) is 17. The zero-order valence-electron chi connectivity index (χ0n) is 62.1. The molecule has 5 unspecified atom stereocenters. The van der Waals surface area contributed by atoms with Crippen LogP contribution in [0.25, 0.3) is 0 Å². The van der Waals surface area contributed by atoms with Gasteiger partial charge in [0, 0.05) is 92.5 Å². The summed E-state index contributed by atoms with van der Waals surface area (Å²) in [6.07, 6.45) is -16.4. The Morgan fingerprint density at radius 3 is 1.06 bits per heavy atom. The third kappa shape index (κ3) is 32.1. The van der Waals surface area contributed by atoms with Gasteiger partial charge >= 0.3 is 15.6 Å². The molecule has 6 rings (SSSR count). The Morgan fingerprint density at radius 1 is 0.394 bits per heavy atom. The summed E-state index contributed by atoms with van der Waals surface area (Å²) in [5, 5.41) is 107. The Labute approximate surface area is 631 Å². The number of amides is 6. The summed E-state index contributed by atoms with van der Waals surface area (Å²) in [7, 11) is -8.63. The maximum Gasteiger partial charge on any atom is 0.472 e. The largest absolute Gasteiger partial charge is 0.472 e. The van der Waals surface area contributed by atoms with Gasteiger partial charge in [0.25, 0.3) is 0 Å². The van der Waals surface area contributed by atoms with E-state index in [2.05, 4.69) is 31.9 Å². The molecular formula is C65H116N6O36P2. The number of ether oxygens (including phenoxy) is 13. The Hall–Kier alpha value is -3.84. The van der Waals surface area contributed by atoms with Crippen molar-refractivity contribution < 1.29 is 173 Å². The van der Waals surface area contributed by atoms with E-state index in [0.29, 0.717) is 70.8 Å². The second-order valence-electron chi connectivity index (χ2n) is 27.3. The van der Waals surface area contributed by atoms with Crippen LogP contribution in [-0.2, 0) is 118 Å². The van der Waals surface area contributed by atoms with Crippen molar-refractivity contribution in [3.63, 3.8) is 0 Å². The van der Waals surface area contributed by atoms with E-state index in [0.717, 1.165) is 12.8 Å². The predicted molar refractivity (Wildman–Crippen MR) is 368 cm³/mol. The number of carbonyl (C=O) groups is 6. The van der Waals surface area contributed by atoms with Gasteiger partial charge in [-0.25, -0.2) is 9.13 Å². The first-order valence-corrected chi connectivity index (χ1v) is 39.9. The first kappa shape index (κ1) is 94.0. The summed E-state index contributed by atoms with van der Waals surface area (Å²) in [5.41, 5.74) is 0. The molecule has 6 aliphatic rings. The molecule has 632 valence electrons. The van der Waals surface area contributed by atoms with Crippen LogP contribution in [0.15, 0.2) is 0 Å². The fourth-order valence-electron chi connectivity index (χ4n) is 12.8. The maximum absolute atomic E-state index is 13.7. The number of methoxy groups -OCH3 is 1. The van der Waals surface area contributed by atoms with Crippen LogP contribution in [0.4, 0.5) is 0 Å². The quantitative estimate of drug-likeness (QED) is 0.0202. The molecule has 26 atom stereocenters. The monoisotopic (exact) mass is 1620 g/mol. The molecule has 0 aliphatic carbocycles. The van der Waals surface area contributed by atoms with Gasteiger partial charge in [-0.2, -0.15) is 0 Å². The molecule has 0 radical (unpaired) electrons. The number of rotatable bonds is 51. The highest BCUT2D eigenvalue weighted by atomic mass is 31.2. The van der Waals surface area contributed by atoms with Crippen molar-refractivity contribution in [2.75, 3.05) is 106 Å². The molecule has 0 saturated carbocycles. The summed E-state index contributed by atoms with van der Waals surface area (Å²) in [4.78, 5) is 95.1. The highest BCUT2D eigenvalue weighted by Gasteiger charge is 2.50. The number of aliphatic hydroxyl groups excluding tert-OH is 9. The van der Waals surface area contributed by atoms with E-state index in [1.54, 1.807) is 6.92 Å². The van der Waals surface area contributed by atoms with Gasteiger partial charge in [-0.1, -0.05) is 45.4 Å². The molecule has 42 nitrogen and oxygen atoms in total. The van der Waals surface area contributed by atoms with Crippen LogP contribution >= 0.6 is 15.6 Å². The van der Waals surface area contributed by atoms with Gasteiger partial charge in [0.15, 0.2) is 37.7 Å². The third-order valence-electron chi connectivity index (χ3n) is 18.7. The second-order valence-corrected chi connectivity index (χ2v) is 30.1. The summed E-state index contributed by atoms with van der Waals surface area (Å²) in [6, 6.07) is -3.39. The SMILES string of the molecule is CO[C@@H]1C[C@H](OCCCCCCNC(=O)CO[C@@H]2O[C@H](CO)[C@H](C)[C@H](O)[C@H]2NC(C)=O)OC1COP(=O)(O)OC1C[C@H](OCCCCCCNC(=O)CO[C@@H]2O[C@H](CO)[C@H](O)[C@H](O)[C@H]2NC(C)=O)O[C@@H]1COP(=O)(O)OC1C[C@H](OCCCCCCNC(=O)CO[C@@H]2O[C@H](CO)[C@H](O)[C@H](O)[C@H]2NC(C)=O)O[C@@H]1CO. The average Bonchev–Trinajstić information content (AvgIpc) is 1.81. The molecule has 6 aliphatic heterocycles. The van der Waals surface area contributed by atoms with Crippen molar-refractivity contribution in [3.8, 4) is 0 Å². The lowest BCUT2D eigenvalue weighted by atomic mass is 9.89. The van der Waals surface area contributed by atoms with Gasteiger partial charge in [0.1, 0.15) is 105 Å². The van der Waals surface area contributed by atoms with Crippen molar-refractivity contribution >= 4 is 51.1 Å². The fourth-order valence-corrected chi connectivity index (χ4v) is 14.7. The molecule has 109 heavy (non-hydrogen) atoms. The lowest BCUT2D eigenvalue weighted by Gasteiger charge is -2.43. The van der Waals surface area contributed by atoms with E-state index >= 15 is 0 Å². The molecule has 6 fully saturated rings. The number of phosphoric ester groups is 2. The van der Waals surface area contributed by atoms with E-state index < -0.39 is 258 Å². The number of unbranched alkanes of at least 4 members (excludes halogenated alkanes) is 9. The lowest BCUT2D eigenvalue weighted by molar-refractivity contribution is -0.268. The average molecular weight is 1620 g/mol. The van der Waals surface area contributed by atoms with E-state index in [1.165, 1.54) is 27.9 Å². The predicted octanol–water partition coefficient (Wildman–Crippen LogP) is -4.42. The van der Waals surface area contributed by atoms with Crippen LogP contribution in [0.3, 0.4) is 0 Å². The van der Waals surface area contributed by atoms with Crippen LogP contribution in [0.2, 0.25) is 0 Å². The van der Waals surface area contributed by atoms with E-state index in [4.69, 9.17) is 79.7 Å². The van der Waals surface area contributed by atoms with Crippen LogP contribution in [-0.4, -0.2) is 339 Å². The molecule has 6 amide bonds. The Balaban J connectivity index is 0.913. The maximum atomic E-state index is 13.7. The molecule has 0 aromatic carbocycles. The van der Waals surface area contributed by atoms with E-state index in [9.17, 15) is 93.6 Å². The Bertz CT molecular complexity index is 2820. The number of carbonyl (C=O) groups excluding carboxylic acids is 6. The van der Waals surface area contributed by atoms with E-state index in [1.807, 2.05) is 0 Å². The van der Waals surface area contributed by atoms with Gasteiger partial charge < -0.3 is 149 Å². The molecular weight excluding hydrogens is 1500 g/mol. The third-order valence-corrected chi connectivity index (χ3v) is 20.7. The van der Waals surface area contributed by atoms with Crippen molar-refractivity contribution in [2.45, 2.75) is 265 Å². The minimum atomic E-state index is -5.04.